The zero-order valence-electron chi connectivity index (χ0n) is 8.73. The number of rotatable bonds is 1. The molecule has 2 aromatic heterocycles. The van der Waals surface area contributed by atoms with Crippen molar-refractivity contribution in [3.8, 4) is 11.3 Å². The highest BCUT2D eigenvalue weighted by atomic mass is 14.9. The number of nitrogens with zero attached hydrogens (tertiary/aromatic N) is 3. The van der Waals surface area contributed by atoms with E-state index in [1.807, 2.05) is 26.0 Å². The van der Waals surface area contributed by atoms with Crippen LogP contribution in [0.25, 0.3) is 11.3 Å². The molecule has 0 amide bonds. The second kappa shape index (κ2) is 3.65. The molecule has 2 aromatic rings. The Morgan fingerprint density at radius 2 is 1.60 bits per heavy atom. The lowest BCUT2D eigenvalue weighted by Gasteiger charge is -2.06. The summed E-state index contributed by atoms with van der Waals surface area (Å²) >= 11 is 0. The Hall–Kier alpha value is -1.97. The van der Waals surface area contributed by atoms with Gasteiger partial charge in [-0.15, -0.1) is 0 Å². The molecule has 0 unspecified atom stereocenters. The highest BCUT2D eigenvalue weighted by Crippen LogP contribution is 2.22. The maximum absolute atomic E-state index is 5.83. The minimum Gasteiger partial charge on any atom is -0.382 e. The van der Waals surface area contributed by atoms with Crippen LogP contribution in [-0.4, -0.2) is 15.0 Å². The normalized spacial score (nSPS) is 10.3. The Bertz CT molecular complexity index is 479. The molecular weight excluding hydrogens is 188 g/mol. The molecule has 76 valence electrons. The van der Waals surface area contributed by atoms with E-state index in [1.165, 1.54) is 0 Å². The highest BCUT2D eigenvalue weighted by molar-refractivity contribution is 5.69. The summed E-state index contributed by atoms with van der Waals surface area (Å²) in [5.74, 6) is 0.462. The van der Waals surface area contributed by atoms with Crippen LogP contribution in [0, 0.1) is 13.8 Å². The minimum absolute atomic E-state index is 0.462. The highest BCUT2D eigenvalue weighted by Gasteiger charge is 2.07. The van der Waals surface area contributed by atoms with Crippen molar-refractivity contribution < 1.29 is 0 Å². The van der Waals surface area contributed by atoms with Crippen molar-refractivity contribution in [2.24, 2.45) is 0 Å². The molecule has 0 spiro atoms. The number of nitrogens with two attached hydrogens (primary N) is 1. The van der Waals surface area contributed by atoms with Crippen molar-refractivity contribution in [2.75, 3.05) is 5.73 Å². The van der Waals surface area contributed by atoms with E-state index in [0.29, 0.717) is 5.82 Å². The first-order valence-corrected chi connectivity index (χ1v) is 4.69. The molecule has 0 aromatic carbocycles. The maximum Gasteiger partial charge on any atom is 0.150 e. The van der Waals surface area contributed by atoms with Crippen LogP contribution in [-0.2, 0) is 0 Å². The third-order valence-electron chi connectivity index (χ3n) is 2.29. The fourth-order valence-corrected chi connectivity index (χ4v) is 1.34. The van der Waals surface area contributed by atoms with Gasteiger partial charge in [0.1, 0.15) is 11.5 Å². The van der Waals surface area contributed by atoms with E-state index in [1.54, 1.807) is 12.4 Å². The van der Waals surface area contributed by atoms with E-state index < -0.39 is 0 Å². The van der Waals surface area contributed by atoms with Gasteiger partial charge in [0.15, 0.2) is 0 Å². The van der Waals surface area contributed by atoms with Crippen molar-refractivity contribution >= 4 is 5.82 Å². The SMILES string of the molecule is Cc1nc(N)c(-c2ccncc2)nc1C. The Labute approximate surface area is 88.2 Å². The first kappa shape index (κ1) is 9.58. The molecule has 0 bridgehead atoms. The van der Waals surface area contributed by atoms with Gasteiger partial charge in [-0.1, -0.05) is 0 Å². The fraction of sp³-hybridized carbons (Fsp3) is 0.182. The van der Waals surface area contributed by atoms with Crippen LogP contribution in [0.15, 0.2) is 24.5 Å². The lowest BCUT2D eigenvalue weighted by atomic mass is 10.2. The Morgan fingerprint density at radius 1 is 1.00 bits per heavy atom. The van der Waals surface area contributed by atoms with Gasteiger partial charge in [-0.05, 0) is 26.0 Å². The van der Waals surface area contributed by atoms with Gasteiger partial charge >= 0.3 is 0 Å². The molecule has 0 aliphatic carbocycles. The van der Waals surface area contributed by atoms with Crippen LogP contribution in [0.4, 0.5) is 5.82 Å². The van der Waals surface area contributed by atoms with E-state index >= 15 is 0 Å². The van der Waals surface area contributed by atoms with Crippen LogP contribution in [0.1, 0.15) is 11.4 Å². The summed E-state index contributed by atoms with van der Waals surface area (Å²) in [5, 5.41) is 0. The number of pyridine rings is 1. The van der Waals surface area contributed by atoms with Gasteiger partial charge in [0.2, 0.25) is 0 Å². The van der Waals surface area contributed by atoms with Crippen LogP contribution in [0.5, 0.6) is 0 Å². The molecular formula is C11H12N4. The molecule has 15 heavy (non-hydrogen) atoms. The number of hydrogen-bond donors (Lipinski definition) is 1. The van der Waals surface area contributed by atoms with Crippen molar-refractivity contribution in [1.29, 1.82) is 0 Å². The average Bonchev–Trinajstić information content (AvgIpc) is 2.25. The molecule has 2 rings (SSSR count). The fourth-order valence-electron chi connectivity index (χ4n) is 1.34. The zero-order valence-corrected chi connectivity index (χ0v) is 8.73. The average molecular weight is 200 g/mol. The topological polar surface area (TPSA) is 64.7 Å². The first-order chi connectivity index (χ1) is 7.18. The molecule has 2 heterocycles. The maximum atomic E-state index is 5.83. The first-order valence-electron chi connectivity index (χ1n) is 4.69. The van der Waals surface area contributed by atoms with Gasteiger partial charge in [-0.25, -0.2) is 9.97 Å². The summed E-state index contributed by atoms with van der Waals surface area (Å²) < 4.78 is 0. The largest absolute Gasteiger partial charge is 0.382 e. The van der Waals surface area contributed by atoms with Crippen molar-refractivity contribution in [3.05, 3.63) is 35.9 Å². The quantitative estimate of drug-likeness (QED) is 0.761. The van der Waals surface area contributed by atoms with Gasteiger partial charge in [-0.3, -0.25) is 4.98 Å². The monoisotopic (exact) mass is 200 g/mol. The minimum atomic E-state index is 0.462. The molecule has 0 saturated heterocycles. The summed E-state index contributed by atoms with van der Waals surface area (Å²) in [6.45, 7) is 3.82. The molecule has 0 aliphatic heterocycles. The number of aromatic nitrogens is 3. The Morgan fingerprint density at radius 3 is 2.27 bits per heavy atom. The Kier molecular flexibility index (Phi) is 2.33. The van der Waals surface area contributed by atoms with Gasteiger partial charge in [0, 0.05) is 18.0 Å². The van der Waals surface area contributed by atoms with Crippen LogP contribution in [0.3, 0.4) is 0 Å². The van der Waals surface area contributed by atoms with Gasteiger partial charge in [-0.2, -0.15) is 0 Å². The van der Waals surface area contributed by atoms with E-state index in [-0.39, 0.29) is 0 Å². The predicted octanol–water partition coefficient (Wildman–Crippen LogP) is 1.74. The standard InChI is InChI=1S/C11H12N4/c1-7-8(2)15-11(12)10(14-7)9-3-5-13-6-4-9/h3-6H,1-2H3,(H2,12,15). The second-order valence-corrected chi connectivity index (χ2v) is 3.36. The molecule has 0 saturated carbocycles. The summed E-state index contributed by atoms with van der Waals surface area (Å²) in [6, 6.07) is 3.74. The van der Waals surface area contributed by atoms with Crippen LogP contribution < -0.4 is 5.73 Å². The Balaban J connectivity index is 2.59. The second-order valence-electron chi connectivity index (χ2n) is 3.36. The van der Waals surface area contributed by atoms with Gasteiger partial charge < -0.3 is 5.73 Å². The van der Waals surface area contributed by atoms with Crippen LogP contribution >= 0.6 is 0 Å². The molecule has 0 aliphatic rings. The van der Waals surface area contributed by atoms with E-state index in [2.05, 4.69) is 15.0 Å². The molecule has 0 fully saturated rings. The van der Waals surface area contributed by atoms with E-state index in [4.69, 9.17) is 5.73 Å². The summed E-state index contributed by atoms with van der Waals surface area (Å²) in [6.07, 6.45) is 3.43. The predicted molar refractivity (Wildman–Crippen MR) is 59.1 cm³/mol. The number of hydrogen-bond acceptors (Lipinski definition) is 4. The molecule has 2 N–H and O–H groups in total. The third kappa shape index (κ3) is 1.79. The molecule has 4 heteroatoms. The van der Waals surface area contributed by atoms with E-state index in [0.717, 1.165) is 22.6 Å². The smallest absolute Gasteiger partial charge is 0.150 e. The summed E-state index contributed by atoms with van der Waals surface area (Å²) in [7, 11) is 0. The zero-order chi connectivity index (χ0) is 10.8. The van der Waals surface area contributed by atoms with Crippen molar-refractivity contribution in [2.45, 2.75) is 13.8 Å². The third-order valence-corrected chi connectivity index (χ3v) is 2.29. The number of aryl methyl sites for hydroxylation is 2. The summed E-state index contributed by atoms with van der Waals surface area (Å²) in [5.41, 5.74) is 9.26. The number of nitrogen functional groups attached to an aromatic ring is 1. The van der Waals surface area contributed by atoms with Crippen molar-refractivity contribution in [3.63, 3.8) is 0 Å². The van der Waals surface area contributed by atoms with Crippen molar-refractivity contribution in [1.82, 2.24) is 15.0 Å². The number of anilines is 1. The van der Waals surface area contributed by atoms with E-state index in [9.17, 15) is 0 Å². The van der Waals surface area contributed by atoms with Gasteiger partial charge in [0.25, 0.3) is 0 Å². The summed E-state index contributed by atoms with van der Waals surface area (Å²) in [4.78, 5) is 12.6. The van der Waals surface area contributed by atoms with Gasteiger partial charge in [0.05, 0.1) is 11.4 Å². The molecule has 0 radical (unpaired) electrons. The molecule has 4 nitrogen and oxygen atoms in total. The molecule has 0 atom stereocenters. The lowest BCUT2D eigenvalue weighted by molar-refractivity contribution is 1.06. The lowest BCUT2D eigenvalue weighted by Crippen LogP contribution is -2.02. The van der Waals surface area contributed by atoms with Crippen LogP contribution in [0.2, 0.25) is 0 Å².